The number of ether oxygens (including phenoxy) is 1. The Balaban J connectivity index is 1.96. The highest BCUT2D eigenvalue weighted by Crippen LogP contribution is 2.23. The Hall–Kier alpha value is -2.33. The van der Waals surface area contributed by atoms with Crippen LogP contribution in [0, 0.1) is 0 Å². The zero-order chi connectivity index (χ0) is 14.8. The molecule has 0 radical (unpaired) electrons. The van der Waals surface area contributed by atoms with Gasteiger partial charge in [0.2, 0.25) is 0 Å². The van der Waals surface area contributed by atoms with E-state index < -0.39 is 0 Å². The van der Waals surface area contributed by atoms with Crippen LogP contribution in [0.1, 0.15) is 19.4 Å². The molecule has 21 heavy (non-hydrogen) atoms. The van der Waals surface area contributed by atoms with Gasteiger partial charge in [-0.25, -0.2) is 4.98 Å². The standard InChI is InChI=1S/C17H19N3O/c1-12(2)21-15-7-5-13(6-8-15)16-11-20-9-3-4-14(10-18)17(20)19-16/h3-9,11-12H,10,18H2,1-2H3. The predicted octanol–water partition coefficient (Wildman–Crippen LogP) is 3.25. The van der Waals surface area contributed by atoms with E-state index in [0.717, 1.165) is 28.2 Å². The zero-order valence-electron chi connectivity index (χ0n) is 12.3. The molecule has 2 N–H and O–H groups in total. The topological polar surface area (TPSA) is 52.5 Å². The first-order valence-corrected chi connectivity index (χ1v) is 7.11. The van der Waals surface area contributed by atoms with Crippen LogP contribution in [0.4, 0.5) is 0 Å². The second-order valence-electron chi connectivity index (χ2n) is 5.29. The number of pyridine rings is 1. The molecule has 0 unspecified atom stereocenters. The lowest BCUT2D eigenvalue weighted by Gasteiger charge is -2.09. The summed E-state index contributed by atoms with van der Waals surface area (Å²) in [5.74, 6) is 0.875. The molecular formula is C17H19N3O. The monoisotopic (exact) mass is 281 g/mol. The number of nitrogens with two attached hydrogens (primary N) is 1. The van der Waals surface area contributed by atoms with E-state index in [1.54, 1.807) is 0 Å². The minimum absolute atomic E-state index is 0.179. The maximum absolute atomic E-state index is 5.76. The van der Waals surface area contributed by atoms with Gasteiger partial charge in [-0.05, 0) is 44.2 Å². The Bertz CT molecular complexity index is 744. The molecule has 0 aliphatic carbocycles. The fourth-order valence-electron chi connectivity index (χ4n) is 2.35. The van der Waals surface area contributed by atoms with Crippen molar-refractivity contribution >= 4 is 5.65 Å². The van der Waals surface area contributed by atoms with E-state index in [0.29, 0.717) is 6.54 Å². The van der Waals surface area contributed by atoms with Gasteiger partial charge in [0.05, 0.1) is 11.8 Å². The number of fused-ring (bicyclic) bond motifs is 1. The Morgan fingerprint density at radius 2 is 1.95 bits per heavy atom. The number of hydrogen-bond donors (Lipinski definition) is 1. The van der Waals surface area contributed by atoms with Crippen molar-refractivity contribution in [3.05, 3.63) is 54.4 Å². The number of nitrogens with zero attached hydrogens (tertiary/aromatic N) is 2. The lowest BCUT2D eigenvalue weighted by molar-refractivity contribution is 0.242. The number of aromatic nitrogens is 2. The van der Waals surface area contributed by atoms with E-state index in [2.05, 4.69) is 4.98 Å². The molecule has 0 saturated carbocycles. The fraction of sp³-hybridized carbons (Fsp3) is 0.235. The van der Waals surface area contributed by atoms with Crippen LogP contribution in [0.3, 0.4) is 0 Å². The number of rotatable bonds is 4. The van der Waals surface area contributed by atoms with Crippen LogP contribution in [-0.2, 0) is 6.54 Å². The van der Waals surface area contributed by atoms with Crippen LogP contribution in [0.25, 0.3) is 16.9 Å². The van der Waals surface area contributed by atoms with Gasteiger partial charge in [0.15, 0.2) is 0 Å². The lowest BCUT2D eigenvalue weighted by atomic mass is 10.1. The summed E-state index contributed by atoms with van der Waals surface area (Å²) < 4.78 is 7.67. The fourth-order valence-corrected chi connectivity index (χ4v) is 2.35. The molecule has 0 saturated heterocycles. The maximum atomic E-state index is 5.76. The molecule has 4 heteroatoms. The summed E-state index contributed by atoms with van der Waals surface area (Å²) in [4.78, 5) is 4.69. The second-order valence-corrected chi connectivity index (χ2v) is 5.29. The highest BCUT2D eigenvalue weighted by molar-refractivity contribution is 5.64. The van der Waals surface area contributed by atoms with Crippen molar-refractivity contribution in [3.8, 4) is 17.0 Å². The summed E-state index contributed by atoms with van der Waals surface area (Å²) in [6, 6.07) is 12.0. The Morgan fingerprint density at radius 1 is 1.19 bits per heavy atom. The van der Waals surface area contributed by atoms with E-state index >= 15 is 0 Å². The van der Waals surface area contributed by atoms with Crippen LogP contribution in [0.5, 0.6) is 5.75 Å². The normalized spacial score (nSPS) is 11.2. The first-order chi connectivity index (χ1) is 10.2. The third kappa shape index (κ3) is 2.76. The van der Waals surface area contributed by atoms with Gasteiger partial charge in [-0.1, -0.05) is 6.07 Å². The van der Waals surface area contributed by atoms with Crippen molar-refractivity contribution in [1.29, 1.82) is 0 Å². The molecule has 108 valence electrons. The molecule has 0 aliphatic heterocycles. The molecule has 2 heterocycles. The molecule has 3 rings (SSSR count). The van der Waals surface area contributed by atoms with Gasteiger partial charge in [-0.15, -0.1) is 0 Å². The van der Waals surface area contributed by atoms with Gasteiger partial charge in [-0.3, -0.25) is 0 Å². The molecule has 4 nitrogen and oxygen atoms in total. The van der Waals surface area contributed by atoms with Crippen molar-refractivity contribution in [3.63, 3.8) is 0 Å². The highest BCUT2D eigenvalue weighted by Gasteiger charge is 2.07. The molecule has 1 aromatic carbocycles. The zero-order valence-corrected chi connectivity index (χ0v) is 12.3. The smallest absolute Gasteiger partial charge is 0.141 e. The third-order valence-electron chi connectivity index (χ3n) is 3.31. The number of hydrogen-bond acceptors (Lipinski definition) is 3. The van der Waals surface area contributed by atoms with Crippen LogP contribution < -0.4 is 10.5 Å². The Kier molecular flexibility index (Phi) is 3.62. The van der Waals surface area contributed by atoms with Gasteiger partial charge in [0.1, 0.15) is 11.4 Å². The summed E-state index contributed by atoms with van der Waals surface area (Å²) in [6.45, 7) is 4.52. The summed E-state index contributed by atoms with van der Waals surface area (Å²) in [7, 11) is 0. The summed E-state index contributed by atoms with van der Waals surface area (Å²) >= 11 is 0. The molecule has 0 fully saturated rings. The first kappa shape index (κ1) is 13.6. The molecule has 0 spiro atoms. The van der Waals surface area contributed by atoms with E-state index in [1.165, 1.54) is 0 Å². The van der Waals surface area contributed by atoms with Crippen molar-refractivity contribution < 1.29 is 4.74 Å². The molecule has 0 amide bonds. The van der Waals surface area contributed by atoms with Crippen LogP contribution in [-0.4, -0.2) is 15.5 Å². The number of imidazole rings is 1. The van der Waals surface area contributed by atoms with Gasteiger partial charge in [0, 0.05) is 30.1 Å². The van der Waals surface area contributed by atoms with E-state index in [4.69, 9.17) is 10.5 Å². The first-order valence-electron chi connectivity index (χ1n) is 7.11. The number of benzene rings is 1. The molecule has 3 aromatic rings. The van der Waals surface area contributed by atoms with Crippen LogP contribution in [0.2, 0.25) is 0 Å². The van der Waals surface area contributed by atoms with Gasteiger partial charge >= 0.3 is 0 Å². The minimum Gasteiger partial charge on any atom is -0.491 e. The van der Waals surface area contributed by atoms with Gasteiger partial charge in [0.25, 0.3) is 0 Å². The highest BCUT2D eigenvalue weighted by atomic mass is 16.5. The molecule has 0 bridgehead atoms. The molecular weight excluding hydrogens is 262 g/mol. The average Bonchev–Trinajstić information content (AvgIpc) is 2.91. The molecule has 0 aliphatic rings. The summed E-state index contributed by atoms with van der Waals surface area (Å²) in [5.41, 5.74) is 9.72. The minimum atomic E-state index is 0.179. The quantitative estimate of drug-likeness (QED) is 0.798. The van der Waals surface area contributed by atoms with Crippen molar-refractivity contribution in [1.82, 2.24) is 9.38 Å². The van der Waals surface area contributed by atoms with E-state index in [9.17, 15) is 0 Å². The van der Waals surface area contributed by atoms with E-state index in [-0.39, 0.29) is 6.10 Å². The second kappa shape index (κ2) is 5.58. The van der Waals surface area contributed by atoms with E-state index in [1.807, 2.05) is 67.0 Å². The Morgan fingerprint density at radius 3 is 2.62 bits per heavy atom. The summed E-state index contributed by atoms with van der Waals surface area (Å²) in [5, 5.41) is 0. The van der Waals surface area contributed by atoms with Crippen molar-refractivity contribution in [2.75, 3.05) is 0 Å². The molecule has 2 aromatic heterocycles. The maximum Gasteiger partial charge on any atom is 0.141 e. The Labute approximate surface area is 124 Å². The van der Waals surface area contributed by atoms with Gasteiger partial charge in [-0.2, -0.15) is 0 Å². The predicted molar refractivity (Wildman–Crippen MR) is 84.3 cm³/mol. The third-order valence-corrected chi connectivity index (χ3v) is 3.31. The van der Waals surface area contributed by atoms with Gasteiger partial charge < -0.3 is 14.9 Å². The lowest BCUT2D eigenvalue weighted by Crippen LogP contribution is -2.05. The average molecular weight is 281 g/mol. The molecule has 0 atom stereocenters. The SMILES string of the molecule is CC(C)Oc1ccc(-c2cn3cccc(CN)c3n2)cc1. The summed E-state index contributed by atoms with van der Waals surface area (Å²) in [6.07, 6.45) is 4.19. The van der Waals surface area contributed by atoms with Crippen LogP contribution in [0.15, 0.2) is 48.8 Å². The van der Waals surface area contributed by atoms with Crippen molar-refractivity contribution in [2.24, 2.45) is 5.73 Å². The van der Waals surface area contributed by atoms with Crippen molar-refractivity contribution in [2.45, 2.75) is 26.5 Å². The largest absolute Gasteiger partial charge is 0.491 e. The van der Waals surface area contributed by atoms with Crippen LogP contribution >= 0.6 is 0 Å².